The van der Waals surface area contributed by atoms with Gasteiger partial charge >= 0.3 is 5.97 Å². The van der Waals surface area contributed by atoms with Crippen molar-refractivity contribution in [2.24, 2.45) is 0 Å². The van der Waals surface area contributed by atoms with Crippen molar-refractivity contribution in [1.82, 2.24) is 0 Å². The molecule has 0 heterocycles. The Balaban J connectivity index is 1.52. The van der Waals surface area contributed by atoms with Crippen LogP contribution in [-0.4, -0.2) is 11.1 Å². The average molecular weight is 535 g/mol. The summed E-state index contributed by atoms with van der Waals surface area (Å²) in [5.41, 5.74) is 8.32. The average Bonchev–Trinajstić information content (AvgIpc) is 3.29. The highest BCUT2D eigenvalue weighted by atomic mass is 16.4. The van der Waals surface area contributed by atoms with Crippen LogP contribution in [0, 0.1) is 11.3 Å². The molecule has 1 N–H and O–H groups in total. The Morgan fingerprint density at radius 2 is 1.37 bits per heavy atom. The van der Waals surface area contributed by atoms with Crippen molar-refractivity contribution in [3.05, 3.63) is 131 Å². The fourth-order valence-electron chi connectivity index (χ4n) is 6.39. The van der Waals surface area contributed by atoms with Crippen molar-refractivity contribution >= 4 is 39.9 Å². The van der Waals surface area contributed by atoms with Gasteiger partial charge in [0.05, 0.1) is 0 Å². The summed E-state index contributed by atoms with van der Waals surface area (Å²) < 4.78 is 0. The molecule has 1 aliphatic carbocycles. The first-order valence-electron chi connectivity index (χ1n) is 14.0. The van der Waals surface area contributed by atoms with Gasteiger partial charge in [0.15, 0.2) is 0 Å². The maximum absolute atomic E-state index is 11.5. The minimum absolute atomic E-state index is 0.230. The predicted octanol–water partition coefficient (Wildman–Crippen LogP) is 9.39. The Kier molecular flexibility index (Phi) is 6.65. The van der Waals surface area contributed by atoms with Crippen LogP contribution in [0.1, 0.15) is 43.4 Å². The third-order valence-corrected chi connectivity index (χ3v) is 8.50. The van der Waals surface area contributed by atoms with Crippen LogP contribution in [0.4, 0.5) is 17.1 Å². The van der Waals surface area contributed by atoms with Gasteiger partial charge in [-0.25, -0.2) is 4.79 Å². The number of nitrogens with zero attached hydrogens (tertiary/aromatic N) is 2. The summed E-state index contributed by atoms with van der Waals surface area (Å²) in [6.07, 6.45) is 3.25. The molecule has 4 nitrogen and oxygen atoms in total. The van der Waals surface area contributed by atoms with E-state index in [1.807, 2.05) is 12.1 Å². The Bertz CT molecular complexity index is 1860. The second-order valence-electron chi connectivity index (χ2n) is 10.5. The van der Waals surface area contributed by atoms with Gasteiger partial charge in [-0.2, -0.15) is 5.26 Å². The van der Waals surface area contributed by atoms with Crippen molar-refractivity contribution in [1.29, 1.82) is 5.26 Å². The third-order valence-electron chi connectivity index (χ3n) is 8.50. The molecule has 0 atom stereocenters. The quantitative estimate of drug-likeness (QED) is 0.167. The normalized spacial score (nSPS) is 13.3. The molecule has 4 heteroatoms. The predicted molar refractivity (Wildman–Crippen MR) is 167 cm³/mol. The molecule has 0 aliphatic heterocycles. The zero-order valence-corrected chi connectivity index (χ0v) is 23.1. The molecular formula is C37H30N2O2. The Morgan fingerprint density at radius 1 is 0.756 bits per heavy atom. The molecule has 200 valence electrons. The number of fused-ring (bicyclic) bond motifs is 4. The van der Waals surface area contributed by atoms with Gasteiger partial charge in [0.2, 0.25) is 0 Å². The lowest BCUT2D eigenvalue weighted by Gasteiger charge is -2.32. The van der Waals surface area contributed by atoms with E-state index < -0.39 is 5.97 Å². The van der Waals surface area contributed by atoms with E-state index in [2.05, 4.69) is 116 Å². The lowest BCUT2D eigenvalue weighted by atomic mass is 9.73. The van der Waals surface area contributed by atoms with Crippen LogP contribution < -0.4 is 4.90 Å². The van der Waals surface area contributed by atoms with E-state index in [4.69, 9.17) is 0 Å². The van der Waals surface area contributed by atoms with Crippen LogP contribution in [0.15, 0.2) is 115 Å². The number of rotatable bonds is 7. The molecule has 0 radical (unpaired) electrons. The molecule has 1 aliphatic rings. The molecular weight excluding hydrogens is 504 g/mol. The maximum Gasteiger partial charge on any atom is 0.346 e. The van der Waals surface area contributed by atoms with E-state index in [0.29, 0.717) is 0 Å². The number of aliphatic carboxylic acids is 1. The Labute approximate surface area is 240 Å². The molecule has 0 unspecified atom stereocenters. The standard InChI is InChI=1S/C37H30N2O2/c1-3-37(4-2)34-21-25(20-28(24-38)36(40)41)14-18-32(34)33-19-17-31(23-35(33)37)39(29-12-6-5-7-13-29)30-16-15-26-10-8-9-11-27(26)22-30/h5-23H,3-4H2,1-2H3,(H,40,41)/b28-20+. The molecule has 5 aromatic carbocycles. The van der Waals surface area contributed by atoms with Gasteiger partial charge in [0.1, 0.15) is 11.6 Å². The lowest BCUT2D eigenvalue weighted by Crippen LogP contribution is -2.23. The first-order chi connectivity index (χ1) is 20.0. The first kappa shape index (κ1) is 26.1. The van der Waals surface area contributed by atoms with E-state index in [0.717, 1.165) is 41.0 Å². The van der Waals surface area contributed by atoms with Gasteiger partial charge in [-0.1, -0.05) is 86.6 Å². The van der Waals surface area contributed by atoms with Crippen molar-refractivity contribution in [3.8, 4) is 17.2 Å². The fraction of sp³-hybridized carbons (Fsp3) is 0.135. The highest BCUT2D eigenvalue weighted by molar-refractivity contribution is 5.97. The van der Waals surface area contributed by atoms with Crippen molar-refractivity contribution in [2.45, 2.75) is 32.1 Å². The SMILES string of the molecule is CCC1(CC)c2cc(/C=C(\C#N)C(=O)O)ccc2-c2ccc(N(c3ccccc3)c3ccc4ccccc4c3)cc21. The van der Waals surface area contributed by atoms with Crippen LogP contribution in [0.25, 0.3) is 28.0 Å². The molecule has 6 rings (SSSR count). The number of para-hydroxylation sites is 1. The summed E-state index contributed by atoms with van der Waals surface area (Å²) in [4.78, 5) is 13.8. The van der Waals surface area contributed by atoms with Crippen LogP contribution in [0.3, 0.4) is 0 Å². The van der Waals surface area contributed by atoms with Crippen LogP contribution in [0.5, 0.6) is 0 Å². The molecule has 41 heavy (non-hydrogen) atoms. The van der Waals surface area contributed by atoms with Crippen molar-refractivity contribution in [3.63, 3.8) is 0 Å². The molecule has 0 aromatic heterocycles. The van der Waals surface area contributed by atoms with E-state index in [-0.39, 0.29) is 11.0 Å². The number of hydrogen-bond donors (Lipinski definition) is 1. The van der Waals surface area contributed by atoms with Crippen LogP contribution >= 0.6 is 0 Å². The monoisotopic (exact) mass is 534 g/mol. The van der Waals surface area contributed by atoms with Crippen molar-refractivity contribution in [2.75, 3.05) is 4.90 Å². The summed E-state index contributed by atoms with van der Waals surface area (Å²) in [7, 11) is 0. The third kappa shape index (κ3) is 4.37. The molecule has 0 saturated heterocycles. The number of carboxylic acids is 1. The highest BCUT2D eigenvalue weighted by Gasteiger charge is 2.41. The summed E-state index contributed by atoms with van der Waals surface area (Å²) >= 11 is 0. The fourth-order valence-corrected chi connectivity index (χ4v) is 6.39. The van der Waals surface area contributed by atoms with Gasteiger partial charge in [-0.05, 0) is 93.9 Å². The largest absolute Gasteiger partial charge is 0.477 e. The number of carbonyl (C=O) groups is 1. The topological polar surface area (TPSA) is 64.3 Å². The van der Waals surface area contributed by atoms with Gasteiger partial charge in [-0.3, -0.25) is 0 Å². The first-order valence-corrected chi connectivity index (χ1v) is 14.0. The zero-order chi connectivity index (χ0) is 28.6. The minimum Gasteiger partial charge on any atom is -0.477 e. The molecule has 0 amide bonds. The smallest absolute Gasteiger partial charge is 0.346 e. The summed E-state index contributed by atoms with van der Waals surface area (Å²) in [6, 6.07) is 40.0. The number of nitriles is 1. The molecule has 0 bridgehead atoms. The minimum atomic E-state index is -1.21. The second kappa shape index (κ2) is 10.4. The Hall–Kier alpha value is -5.14. The van der Waals surface area contributed by atoms with Gasteiger partial charge in [-0.15, -0.1) is 0 Å². The van der Waals surface area contributed by atoms with E-state index in [1.165, 1.54) is 33.5 Å². The van der Waals surface area contributed by atoms with E-state index in [1.54, 1.807) is 6.07 Å². The number of hydrogen-bond acceptors (Lipinski definition) is 3. The van der Waals surface area contributed by atoms with Gasteiger partial charge in [0.25, 0.3) is 0 Å². The second-order valence-corrected chi connectivity index (χ2v) is 10.5. The van der Waals surface area contributed by atoms with Gasteiger partial charge < -0.3 is 10.0 Å². The van der Waals surface area contributed by atoms with Crippen molar-refractivity contribution < 1.29 is 9.90 Å². The molecule has 0 fully saturated rings. The molecule has 0 saturated carbocycles. The summed E-state index contributed by atoms with van der Waals surface area (Å²) in [5, 5.41) is 21.1. The number of anilines is 3. The number of carboxylic acid groups (broad SMARTS) is 1. The Morgan fingerprint density at radius 3 is 2.05 bits per heavy atom. The lowest BCUT2D eigenvalue weighted by molar-refractivity contribution is -0.132. The number of benzene rings is 5. The van der Waals surface area contributed by atoms with Crippen LogP contribution in [-0.2, 0) is 10.2 Å². The zero-order valence-electron chi connectivity index (χ0n) is 23.1. The van der Waals surface area contributed by atoms with E-state index >= 15 is 0 Å². The van der Waals surface area contributed by atoms with E-state index in [9.17, 15) is 15.2 Å². The maximum atomic E-state index is 11.5. The highest BCUT2D eigenvalue weighted by Crippen LogP contribution is 2.54. The van der Waals surface area contributed by atoms with Crippen LogP contribution in [0.2, 0.25) is 0 Å². The molecule has 0 spiro atoms. The summed E-state index contributed by atoms with van der Waals surface area (Å²) in [5.74, 6) is -1.21. The summed E-state index contributed by atoms with van der Waals surface area (Å²) in [6.45, 7) is 4.43. The molecule has 5 aromatic rings. The van der Waals surface area contributed by atoms with Gasteiger partial charge in [0, 0.05) is 22.5 Å².